The first kappa shape index (κ1) is 21.1. The van der Waals surface area contributed by atoms with Crippen molar-refractivity contribution >= 4 is 34.8 Å². The molecule has 0 radical (unpaired) electrons. The number of nitrogens with zero attached hydrogens (tertiary/aromatic N) is 1. The number of Topliss-reactive ketones (excluding diaryl/α,β-unsaturated/α-hetero) is 2. The number of H-pyrrole nitrogens is 1. The summed E-state index contributed by atoms with van der Waals surface area (Å²) in [5.41, 5.74) is 3.69. The minimum atomic E-state index is -0.167. The summed E-state index contributed by atoms with van der Waals surface area (Å²) in [5, 5.41) is 0.992. The molecule has 1 fully saturated rings. The highest BCUT2D eigenvalue weighted by Crippen LogP contribution is 2.29. The largest absolute Gasteiger partial charge is 0.371 e. The smallest absolute Gasteiger partial charge is 0.193 e. The first-order valence-electron chi connectivity index (χ1n) is 9.36. The van der Waals surface area contributed by atoms with E-state index in [0.29, 0.717) is 47.4 Å². The number of aryl methyl sites for hydroxylation is 1. The number of ether oxygens (including phenoxy) is 1. The molecular weight excluding hydrogens is 399 g/mol. The third-order valence-electron chi connectivity index (χ3n) is 5.11. The number of carbonyl (C=O) groups excluding carboxylic acids is 2. The molecule has 1 aliphatic rings. The molecule has 1 saturated heterocycles. The second kappa shape index (κ2) is 8.78. The number of morpholine rings is 1. The lowest BCUT2D eigenvalue weighted by molar-refractivity contribution is -0.0275. The van der Waals surface area contributed by atoms with Gasteiger partial charge in [0.25, 0.3) is 0 Å². The minimum Gasteiger partial charge on any atom is -0.371 e. The Kier molecular flexibility index (Phi) is 6.61. The number of carbonyl (C=O) groups is 2. The summed E-state index contributed by atoms with van der Waals surface area (Å²) in [5.74, 6) is -0.0297. The molecule has 150 valence electrons. The summed E-state index contributed by atoms with van der Waals surface area (Å²) in [6.45, 7) is 7.39. The van der Waals surface area contributed by atoms with Gasteiger partial charge in [0.15, 0.2) is 11.6 Å². The molecule has 1 aromatic heterocycles. The second-order valence-corrected chi connectivity index (χ2v) is 7.89. The third-order valence-corrected chi connectivity index (χ3v) is 5.85. The second-order valence-electron chi connectivity index (χ2n) is 7.08. The van der Waals surface area contributed by atoms with Crippen molar-refractivity contribution in [2.45, 2.75) is 33.3 Å². The summed E-state index contributed by atoms with van der Waals surface area (Å²) in [4.78, 5) is 30.1. The van der Waals surface area contributed by atoms with Gasteiger partial charge in [0.05, 0.1) is 35.0 Å². The lowest BCUT2D eigenvalue weighted by Gasteiger charge is -2.32. The van der Waals surface area contributed by atoms with Crippen LogP contribution in [0.5, 0.6) is 0 Å². The number of hydrogen-bond acceptors (Lipinski definition) is 4. The third kappa shape index (κ3) is 4.33. The Labute approximate surface area is 175 Å². The molecular formula is C21H24Cl2N2O3. The minimum absolute atomic E-state index is 0.0118. The SMILES string of the molecule is CCc1c(C(=O)CN2CCOC(c3ccc(Cl)c(Cl)c3)C2)[nH]c(C)c1C(C)=O. The first-order chi connectivity index (χ1) is 13.3. The number of benzene rings is 1. The van der Waals surface area contributed by atoms with Crippen molar-refractivity contribution in [3.8, 4) is 0 Å². The van der Waals surface area contributed by atoms with E-state index in [4.69, 9.17) is 27.9 Å². The maximum atomic E-state index is 13.0. The summed E-state index contributed by atoms with van der Waals surface area (Å²) >= 11 is 12.1. The van der Waals surface area contributed by atoms with Gasteiger partial charge in [-0.1, -0.05) is 36.2 Å². The van der Waals surface area contributed by atoms with Crippen LogP contribution in [0.1, 0.15) is 57.6 Å². The van der Waals surface area contributed by atoms with Crippen LogP contribution in [0.3, 0.4) is 0 Å². The highest BCUT2D eigenvalue weighted by molar-refractivity contribution is 6.42. The number of hydrogen-bond donors (Lipinski definition) is 1. The molecule has 0 amide bonds. The van der Waals surface area contributed by atoms with Crippen LogP contribution >= 0.6 is 23.2 Å². The zero-order valence-corrected chi connectivity index (χ0v) is 17.8. The number of aromatic nitrogens is 1. The van der Waals surface area contributed by atoms with E-state index in [1.54, 1.807) is 6.07 Å². The van der Waals surface area contributed by atoms with Crippen molar-refractivity contribution in [3.05, 3.63) is 56.3 Å². The number of ketones is 2. The van der Waals surface area contributed by atoms with Gasteiger partial charge in [0, 0.05) is 24.3 Å². The van der Waals surface area contributed by atoms with Gasteiger partial charge in [-0.2, -0.15) is 0 Å². The van der Waals surface area contributed by atoms with Gasteiger partial charge in [-0.25, -0.2) is 0 Å². The maximum absolute atomic E-state index is 13.0. The van der Waals surface area contributed by atoms with Crippen molar-refractivity contribution in [1.29, 1.82) is 0 Å². The number of rotatable bonds is 6. The Morgan fingerprint density at radius 3 is 2.68 bits per heavy atom. The van der Waals surface area contributed by atoms with Gasteiger partial charge in [-0.3, -0.25) is 14.5 Å². The van der Waals surface area contributed by atoms with Crippen LogP contribution in [0, 0.1) is 6.92 Å². The highest BCUT2D eigenvalue weighted by atomic mass is 35.5. The molecule has 1 unspecified atom stereocenters. The molecule has 7 heteroatoms. The lowest BCUT2D eigenvalue weighted by atomic mass is 10.0. The van der Waals surface area contributed by atoms with E-state index >= 15 is 0 Å². The topological polar surface area (TPSA) is 62.4 Å². The zero-order chi connectivity index (χ0) is 20.4. The van der Waals surface area contributed by atoms with E-state index in [9.17, 15) is 9.59 Å². The van der Waals surface area contributed by atoms with Crippen LogP contribution in [0.2, 0.25) is 10.0 Å². The first-order valence-corrected chi connectivity index (χ1v) is 10.1. The molecule has 3 rings (SSSR count). The Hall–Kier alpha value is -1.66. The van der Waals surface area contributed by atoms with E-state index in [2.05, 4.69) is 9.88 Å². The molecule has 0 aliphatic carbocycles. The van der Waals surface area contributed by atoms with E-state index in [1.807, 2.05) is 26.0 Å². The molecule has 1 aromatic carbocycles. The molecule has 1 atom stereocenters. The predicted molar refractivity (Wildman–Crippen MR) is 111 cm³/mol. The fourth-order valence-corrected chi connectivity index (χ4v) is 4.09. The highest BCUT2D eigenvalue weighted by Gasteiger charge is 2.27. The molecule has 1 aliphatic heterocycles. The van der Waals surface area contributed by atoms with Crippen molar-refractivity contribution in [1.82, 2.24) is 9.88 Å². The summed E-state index contributed by atoms with van der Waals surface area (Å²) in [6.07, 6.45) is 0.468. The van der Waals surface area contributed by atoms with Crippen molar-refractivity contribution in [2.24, 2.45) is 0 Å². The normalized spacial score (nSPS) is 17.7. The average molecular weight is 423 g/mol. The Bertz CT molecular complexity index is 907. The van der Waals surface area contributed by atoms with E-state index < -0.39 is 0 Å². The lowest BCUT2D eigenvalue weighted by Crippen LogP contribution is -2.41. The van der Waals surface area contributed by atoms with Gasteiger partial charge >= 0.3 is 0 Å². The van der Waals surface area contributed by atoms with Crippen LogP contribution in [0.15, 0.2) is 18.2 Å². The van der Waals surface area contributed by atoms with Gasteiger partial charge in [0.1, 0.15) is 0 Å². The monoisotopic (exact) mass is 422 g/mol. The predicted octanol–water partition coefficient (Wildman–Crippen LogP) is 4.65. The quantitative estimate of drug-likeness (QED) is 0.687. The van der Waals surface area contributed by atoms with Crippen LogP contribution in [-0.4, -0.2) is 47.7 Å². The van der Waals surface area contributed by atoms with Crippen molar-refractivity contribution in [3.63, 3.8) is 0 Å². The molecule has 5 nitrogen and oxygen atoms in total. The average Bonchev–Trinajstić information content (AvgIpc) is 3.01. The zero-order valence-electron chi connectivity index (χ0n) is 16.3. The Morgan fingerprint density at radius 2 is 2.04 bits per heavy atom. The number of nitrogens with one attached hydrogen (secondary N) is 1. The summed E-state index contributed by atoms with van der Waals surface area (Å²) in [6, 6.07) is 5.46. The van der Waals surface area contributed by atoms with Crippen molar-refractivity contribution in [2.75, 3.05) is 26.2 Å². The molecule has 2 aromatic rings. The Morgan fingerprint density at radius 1 is 1.29 bits per heavy atom. The number of halogens is 2. The van der Waals surface area contributed by atoms with Crippen LogP contribution in [-0.2, 0) is 11.2 Å². The standard InChI is InChI=1S/C21H24Cl2N2O3/c1-4-15-20(13(3)26)12(2)24-21(15)18(27)10-25-7-8-28-19(11-25)14-5-6-16(22)17(23)9-14/h5-6,9,19,24H,4,7-8,10-11H2,1-3H3. The van der Waals surface area contributed by atoms with Crippen LogP contribution in [0.4, 0.5) is 0 Å². The van der Waals surface area contributed by atoms with Crippen LogP contribution in [0.25, 0.3) is 0 Å². The summed E-state index contributed by atoms with van der Waals surface area (Å²) in [7, 11) is 0. The molecule has 28 heavy (non-hydrogen) atoms. The van der Waals surface area contributed by atoms with Crippen LogP contribution < -0.4 is 0 Å². The molecule has 0 saturated carbocycles. The van der Waals surface area contributed by atoms with Crippen molar-refractivity contribution < 1.29 is 14.3 Å². The summed E-state index contributed by atoms with van der Waals surface area (Å²) < 4.78 is 5.87. The molecule has 0 bridgehead atoms. The van der Waals surface area contributed by atoms with E-state index in [-0.39, 0.29) is 24.2 Å². The number of aromatic amines is 1. The fraction of sp³-hybridized carbons (Fsp3) is 0.429. The molecule has 2 heterocycles. The van der Waals surface area contributed by atoms with Gasteiger partial charge in [-0.15, -0.1) is 0 Å². The van der Waals surface area contributed by atoms with Gasteiger partial charge in [-0.05, 0) is 43.5 Å². The van der Waals surface area contributed by atoms with Gasteiger partial charge in [0.2, 0.25) is 0 Å². The fourth-order valence-electron chi connectivity index (χ4n) is 3.79. The molecule has 0 spiro atoms. The van der Waals surface area contributed by atoms with Gasteiger partial charge < -0.3 is 9.72 Å². The molecule has 1 N–H and O–H groups in total. The maximum Gasteiger partial charge on any atom is 0.193 e. The Balaban J connectivity index is 1.75. The van der Waals surface area contributed by atoms with E-state index in [1.165, 1.54) is 6.92 Å². The van der Waals surface area contributed by atoms with E-state index in [0.717, 1.165) is 16.8 Å².